The number of hydrogen-bond acceptors (Lipinski definition) is 3. The van der Waals surface area contributed by atoms with Crippen molar-refractivity contribution in [2.45, 2.75) is 6.61 Å². The summed E-state index contributed by atoms with van der Waals surface area (Å²) < 4.78 is 5.69. The molecule has 0 aliphatic rings. The van der Waals surface area contributed by atoms with Crippen LogP contribution in [0, 0.1) is 0 Å². The summed E-state index contributed by atoms with van der Waals surface area (Å²) in [6.07, 6.45) is 0. The Kier molecular flexibility index (Phi) is 3.92. The fourth-order valence-corrected chi connectivity index (χ4v) is 1.68. The van der Waals surface area contributed by atoms with E-state index in [1.807, 2.05) is 24.3 Å². The Morgan fingerprint density at radius 3 is 2.39 bits per heavy atom. The SMILES string of the molecule is NC(=S)c1ccc(Oc2ccccc2CO)cc1. The number of rotatable bonds is 4. The lowest BCUT2D eigenvalue weighted by atomic mass is 10.2. The van der Waals surface area contributed by atoms with Gasteiger partial charge >= 0.3 is 0 Å². The highest BCUT2D eigenvalue weighted by molar-refractivity contribution is 7.80. The minimum atomic E-state index is -0.0544. The van der Waals surface area contributed by atoms with Crippen LogP contribution in [0.3, 0.4) is 0 Å². The zero-order chi connectivity index (χ0) is 13.0. The molecule has 0 atom stereocenters. The van der Waals surface area contributed by atoms with E-state index in [1.54, 1.807) is 24.3 Å². The first-order chi connectivity index (χ1) is 8.70. The first kappa shape index (κ1) is 12.5. The van der Waals surface area contributed by atoms with Gasteiger partial charge in [-0.15, -0.1) is 0 Å². The predicted molar refractivity (Wildman–Crippen MR) is 74.8 cm³/mol. The highest BCUT2D eigenvalue weighted by Crippen LogP contribution is 2.25. The Hall–Kier alpha value is -1.91. The molecule has 4 heteroatoms. The van der Waals surface area contributed by atoms with E-state index in [1.165, 1.54) is 0 Å². The van der Waals surface area contributed by atoms with E-state index in [-0.39, 0.29) is 6.61 Å². The lowest BCUT2D eigenvalue weighted by Crippen LogP contribution is -2.08. The van der Waals surface area contributed by atoms with Crippen LogP contribution in [0.2, 0.25) is 0 Å². The number of benzene rings is 2. The second kappa shape index (κ2) is 5.62. The van der Waals surface area contributed by atoms with Crippen molar-refractivity contribution in [2.75, 3.05) is 0 Å². The number of hydrogen-bond donors (Lipinski definition) is 2. The van der Waals surface area contributed by atoms with Gasteiger partial charge in [0.25, 0.3) is 0 Å². The van der Waals surface area contributed by atoms with Crippen molar-refractivity contribution < 1.29 is 9.84 Å². The monoisotopic (exact) mass is 259 g/mol. The quantitative estimate of drug-likeness (QED) is 0.829. The lowest BCUT2D eigenvalue weighted by molar-refractivity contribution is 0.276. The molecule has 0 aromatic heterocycles. The van der Waals surface area contributed by atoms with E-state index in [0.717, 1.165) is 11.1 Å². The summed E-state index contributed by atoms with van der Waals surface area (Å²) in [5.41, 5.74) is 7.06. The second-order valence-electron chi connectivity index (χ2n) is 3.76. The molecule has 92 valence electrons. The molecule has 0 saturated carbocycles. The molecular formula is C14H13NO2S. The van der Waals surface area contributed by atoms with Crippen molar-refractivity contribution in [3.8, 4) is 11.5 Å². The Morgan fingerprint density at radius 2 is 1.78 bits per heavy atom. The van der Waals surface area contributed by atoms with Gasteiger partial charge in [-0.3, -0.25) is 0 Å². The molecule has 0 heterocycles. The normalized spacial score (nSPS) is 10.1. The van der Waals surface area contributed by atoms with Crippen molar-refractivity contribution in [2.24, 2.45) is 5.73 Å². The summed E-state index contributed by atoms with van der Waals surface area (Å²) in [7, 11) is 0. The Bertz CT molecular complexity index is 552. The van der Waals surface area contributed by atoms with Crippen LogP contribution < -0.4 is 10.5 Å². The van der Waals surface area contributed by atoms with E-state index >= 15 is 0 Å². The molecule has 0 aliphatic carbocycles. The van der Waals surface area contributed by atoms with Crippen LogP contribution in [0.25, 0.3) is 0 Å². The Balaban J connectivity index is 2.21. The van der Waals surface area contributed by atoms with E-state index in [4.69, 9.17) is 22.7 Å². The van der Waals surface area contributed by atoms with Crippen LogP contribution in [0.1, 0.15) is 11.1 Å². The van der Waals surface area contributed by atoms with Gasteiger partial charge < -0.3 is 15.6 Å². The van der Waals surface area contributed by atoms with Gasteiger partial charge in [-0.05, 0) is 30.3 Å². The van der Waals surface area contributed by atoms with E-state index in [9.17, 15) is 5.11 Å². The molecule has 0 amide bonds. The molecule has 2 aromatic carbocycles. The van der Waals surface area contributed by atoms with Crippen molar-refractivity contribution in [1.82, 2.24) is 0 Å². The summed E-state index contributed by atoms with van der Waals surface area (Å²) in [6.45, 7) is -0.0544. The van der Waals surface area contributed by atoms with Gasteiger partial charge in [0.05, 0.1) is 6.61 Å². The summed E-state index contributed by atoms with van der Waals surface area (Å²) in [6, 6.07) is 14.5. The fraction of sp³-hybridized carbons (Fsp3) is 0.0714. The highest BCUT2D eigenvalue weighted by atomic mass is 32.1. The number of para-hydroxylation sites is 1. The number of aliphatic hydroxyl groups excluding tert-OH is 1. The summed E-state index contributed by atoms with van der Waals surface area (Å²) >= 11 is 4.88. The third kappa shape index (κ3) is 2.85. The minimum Gasteiger partial charge on any atom is -0.457 e. The van der Waals surface area contributed by atoms with E-state index in [2.05, 4.69) is 0 Å². The Labute approximate surface area is 111 Å². The minimum absolute atomic E-state index is 0.0544. The molecule has 3 N–H and O–H groups in total. The molecule has 0 fully saturated rings. The zero-order valence-corrected chi connectivity index (χ0v) is 10.5. The van der Waals surface area contributed by atoms with Gasteiger partial charge in [0, 0.05) is 11.1 Å². The number of nitrogens with two attached hydrogens (primary N) is 1. The highest BCUT2D eigenvalue weighted by Gasteiger charge is 2.03. The van der Waals surface area contributed by atoms with Gasteiger partial charge in [0.2, 0.25) is 0 Å². The van der Waals surface area contributed by atoms with Crippen LogP contribution in [0.15, 0.2) is 48.5 Å². The topological polar surface area (TPSA) is 55.5 Å². The first-order valence-corrected chi connectivity index (χ1v) is 5.88. The third-order valence-electron chi connectivity index (χ3n) is 2.51. The summed E-state index contributed by atoms with van der Waals surface area (Å²) in [5.74, 6) is 1.32. The van der Waals surface area contributed by atoms with Crippen LogP contribution >= 0.6 is 12.2 Å². The molecule has 0 spiro atoms. The predicted octanol–water partition coefficient (Wildman–Crippen LogP) is 2.61. The molecular weight excluding hydrogens is 246 g/mol. The van der Waals surface area contributed by atoms with Gasteiger partial charge in [0.1, 0.15) is 16.5 Å². The number of aliphatic hydroxyl groups is 1. The standard InChI is InChI=1S/C14H13NO2S/c15-14(18)10-5-7-12(8-6-10)17-13-4-2-1-3-11(13)9-16/h1-8,16H,9H2,(H2,15,18). The molecule has 2 rings (SSSR count). The fourth-order valence-electron chi connectivity index (χ4n) is 1.55. The zero-order valence-electron chi connectivity index (χ0n) is 9.67. The molecule has 0 unspecified atom stereocenters. The molecule has 2 aromatic rings. The van der Waals surface area contributed by atoms with E-state index < -0.39 is 0 Å². The van der Waals surface area contributed by atoms with Gasteiger partial charge in [-0.2, -0.15) is 0 Å². The molecule has 0 saturated heterocycles. The maximum atomic E-state index is 9.20. The first-order valence-electron chi connectivity index (χ1n) is 5.47. The van der Waals surface area contributed by atoms with Gasteiger partial charge in [-0.1, -0.05) is 30.4 Å². The van der Waals surface area contributed by atoms with Crippen molar-refractivity contribution in [3.05, 3.63) is 59.7 Å². The van der Waals surface area contributed by atoms with Crippen LogP contribution in [-0.4, -0.2) is 10.1 Å². The molecule has 3 nitrogen and oxygen atoms in total. The summed E-state index contributed by atoms with van der Waals surface area (Å²) in [5, 5.41) is 9.20. The third-order valence-corrected chi connectivity index (χ3v) is 2.75. The van der Waals surface area contributed by atoms with Crippen molar-refractivity contribution in [3.63, 3.8) is 0 Å². The largest absolute Gasteiger partial charge is 0.457 e. The number of ether oxygens (including phenoxy) is 1. The van der Waals surface area contributed by atoms with Crippen LogP contribution in [0.5, 0.6) is 11.5 Å². The molecule has 18 heavy (non-hydrogen) atoms. The maximum absolute atomic E-state index is 9.20. The van der Waals surface area contributed by atoms with Crippen molar-refractivity contribution in [1.29, 1.82) is 0 Å². The maximum Gasteiger partial charge on any atom is 0.132 e. The van der Waals surface area contributed by atoms with Gasteiger partial charge in [0.15, 0.2) is 0 Å². The molecule has 0 radical (unpaired) electrons. The van der Waals surface area contributed by atoms with Gasteiger partial charge in [-0.25, -0.2) is 0 Å². The van der Waals surface area contributed by atoms with E-state index in [0.29, 0.717) is 16.5 Å². The van der Waals surface area contributed by atoms with Crippen molar-refractivity contribution >= 4 is 17.2 Å². The molecule has 0 aliphatic heterocycles. The van der Waals surface area contributed by atoms with Crippen LogP contribution in [0.4, 0.5) is 0 Å². The average molecular weight is 259 g/mol. The Morgan fingerprint density at radius 1 is 1.11 bits per heavy atom. The summed E-state index contributed by atoms with van der Waals surface area (Å²) in [4.78, 5) is 0.359. The molecule has 0 bridgehead atoms. The smallest absolute Gasteiger partial charge is 0.132 e. The average Bonchev–Trinajstić information content (AvgIpc) is 2.40. The second-order valence-corrected chi connectivity index (χ2v) is 4.20. The number of thiocarbonyl (C=S) groups is 1. The lowest BCUT2D eigenvalue weighted by Gasteiger charge is -2.09. The van der Waals surface area contributed by atoms with Crippen LogP contribution in [-0.2, 0) is 6.61 Å².